The maximum absolute atomic E-state index is 8.91. The van der Waals surface area contributed by atoms with Gasteiger partial charge in [0.05, 0.1) is 19.2 Å². The second-order valence-electron chi connectivity index (χ2n) is 5.50. The first-order valence-corrected chi connectivity index (χ1v) is 7.57. The lowest BCUT2D eigenvalue weighted by Crippen LogP contribution is -2.44. The van der Waals surface area contributed by atoms with Gasteiger partial charge >= 0.3 is 0 Å². The Kier molecular flexibility index (Phi) is 7.21. The molecule has 0 amide bonds. The van der Waals surface area contributed by atoms with Crippen LogP contribution in [0.4, 0.5) is 0 Å². The normalized spacial score (nSPS) is 14.0. The molecule has 1 aromatic carbocycles. The van der Waals surface area contributed by atoms with Gasteiger partial charge in [-0.25, -0.2) is 0 Å². The fourth-order valence-corrected chi connectivity index (χ4v) is 2.69. The van der Waals surface area contributed by atoms with Crippen LogP contribution in [0, 0.1) is 11.3 Å². The third-order valence-electron chi connectivity index (χ3n) is 3.84. The van der Waals surface area contributed by atoms with E-state index in [0.29, 0.717) is 19.0 Å². The predicted molar refractivity (Wildman–Crippen MR) is 86.1 cm³/mol. The summed E-state index contributed by atoms with van der Waals surface area (Å²) in [5, 5.41) is 8.91. The van der Waals surface area contributed by atoms with Gasteiger partial charge in [-0.1, -0.05) is 25.1 Å². The molecule has 0 aliphatic carbocycles. The van der Waals surface area contributed by atoms with Crippen LogP contribution in [0.5, 0.6) is 5.75 Å². The molecule has 2 unspecified atom stereocenters. The number of nitrogens with two attached hydrogens (primary N) is 1. The molecule has 0 fully saturated rings. The Morgan fingerprint density at radius 1 is 1.33 bits per heavy atom. The standard InChI is InChI=1S/C17H27N3O/c1-5-15(19)17(20(13(2)3)12-8-11-18)14-9-6-7-10-16(14)21-4/h6-7,9-10,13,15,17H,5,8,12,19H2,1-4H3. The number of nitriles is 1. The van der Waals surface area contributed by atoms with E-state index in [-0.39, 0.29) is 12.1 Å². The first-order chi connectivity index (χ1) is 10.1. The third-order valence-corrected chi connectivity index (χ3v) is 3.84. The SMILES string of the molecule is CCC(N)C(c1ccccc1OC)N(CCC#N)C(C)C. The van der Waals surface area contributed by atoms with Crippen LogP contribution in [0.25, 0.3) is 0 Å². The largest absolute Gasteiger partial charge is 0.496 e. The minimum absolute atomic E-state index is 0.00222. The van der Waals surface area contributed by atoms with Crippen LogP contribution < -0.4 is 10.5 Å². The van der Waals surface area contributed by atoms with Crippen molar-refractivity contribution in [2.45, 2.75) is 51.7 Å². The van der Waals surface area contributed by atoms with Gasteiger partial charge in [0.1, 0.15) is 5.75 Å². The number of rotatable bonds is 8. The molecule has 0 aliphatic rings. The number of methoxy groups -OCH3 is 1. The Hall–Kier alpha value is -1.57. The summed E-state index contributed by atoms with van der Waals surface area (Å²) in [5.74, 6) is 0.856. The number of nitrogens with zero attached hydrogens (tertiary/aromatic N) is 2. The van der Waals surface area contributed by atoms with Gasteiger partial charge in [-0.15, -0.1) is 0 Å². The summed E-state index contributed by atoms with van der Waals surface area (Å²) in [6.07, 6.45) is 1.37. The number of hydrogen-bond donors (Lipinski definition) is 1. The lowest BCUT2D eigenvalue weighted by molar-refractivity contribution is 0.131. The van der Waals surface area contributed by atoms with E-state index in [4.69, 9.17) is 15.7 Å². The number of benzene rings is 1. The van der Waals surface area contributed by atoms with Gasteiger partial charge in [0.2, 0.25) is 0 Å². The average molecular weight is 289 g/mol. The van der Waals surface area contributed by atoms with Crippen LogP contribution >= 0.6 is 0 Å². The van der Waals surface area contributed by atoms with Crippen molar-refractivity contribution >= 4 is 0 Å². The first-order valence-electron chi connectivity index (χ1n) is 7.57. The molecule has 0 saturated heterocycles. The molecule has 0 saturated carbocycles. The summed E-state index contributed by atoms with van der Waals surface area (Å²) in [5.41, 5.74) is 7.50. The lowest BCUT2D eigenvalue weighted by atomic mass is 9.94. The second-order valence-corrected chi connectivity index (χ2v) is 5.50. The van der Waals surface area contributed by atoms with Crippen molar-refractivity contribution in [3.63, 3.8) is 0 Å². The van der Waals surface area contributed by atoms with Crippen LogP contribution in [0.1, 0.15) is 45.2 Å². The van der Waals surface area contributed by atoms with Crippen molar-refractivity contribution in [3.8, 4) is 11.8 Å². The molecule has 0 radical (unpaired) electrons. The van der Waals surface area contributed by atoms with Crippen molar-refractivity contribution in [1.82, 2.24) is 4.90 Å². The Morgan fingerprint density at radius 2 is 2.00 bits per heavy atom. The third kappa shape index (κ3) is 4.45. The highest BCUT2D eigenvalue weighted by Crippen LogP contribution is 2.33. The molecule has 1 aromatic rings. The molecule has 0 spiro atoms. The molecule has 2 atom stereocenters. The number of ether oxygens (including phenoxy) is 1. The monoisotopic (exact) mass is 289 g/mol. The van der Waals surface area contributed by atoms with Gasteiger partial charge in [-0.05, 0) is 26.3 Å². The van der Waals surface area contributed by atoms with Crippen molar-refractivity contribution in [2.75, 3.05) is 13.7 Å². The highest BCUT2D eigenvalue weighted by atomic mass is 16.5. The molecule has 2 N–H and O–H groups in total. The quantitative estimate of drug-likeness (QED) is 0.799. The van der Waals surface area contributed by atoms with E-state index < -0.39 is 0 Å². The Balaban J connectivity index is 3.23. The van der Waals surface area contributed by atoms with E-state index in [1.165, 1.54) is 0 Å². The van der Waals surface area contributed by atoms with E-state index >= 15 is 0 Å². The van der Waals surface area contributed by atoms with Crippen LogP contribution in [0.15, 0.2) is 24.3 Å². The molecule has 21 heavy (non-hydrogen) atoms. The predicted octanol–water partition coefficient (Wildman–Crippen LogP) is 3.10. The Labute approximate surface area is 128 Å². The maximum atomic E-state index is 8.91. The van der Waals surface area contributed by atoms with Crippen molar-refractivity contribution in [1.29, 1.82) is 5.26 Å². The Morgan fingerprint density at radius 3 is 2.52 bits per heavy atom. The van der Waals surface area contributed by atoms with Crippen LogP contribution in [0.3, 0.4) is 0 Å². The molecule has 0 heterocycles. The highest BCUT2D eigenvalue weighted by molar-refractivity contribution is 5.37. The van der Waals surface area contributed by atoms with Gasteiger partial charge < -0.3 is 10.5 Å². The molecular weight excluding hydrogens is 262 g/mol. The van der Waals surface area contributed by atoms with E-state index in [9.17, 15) is 0 Å². The average Bonchev–Trinajstić information content (AvgIpc) is 2.50. The molecule has 0 bridgehead atoms. The zero-order valence-corrected chi connectivity index (χ0v) is 13.5. The molecule has 116 valence electrons. The topological polar surface area (TPSA) is 62.3 Å². The van der Waals surface area contributed by atoms with Crippen molar-refractivity contribution in [3.05, 3.63) is 29.8 Å². The highest BCUT2D eigenvalue weighted by Gasteiger charge is 2.29. The smallest absolute Gasteiger partial charge is 0.123 e. The molecule has 4 heteroatoms. The van der Waals surface area contributed by atoms with Crippen LogP contribution in [-0.2, 0) is 0 Å². The van der Waals surface area contributed by atoms with E-state index in [1.807, 2.05) is 18.2 Å². The summed E-state index contributed by atoms with van der Waals surface area (Å²) in [6, 6.07) is 10.6. The lowest BCUT2D eigenvalue weighted by Gasteiger charge is -2.38. The fourth-order valence-electron chi connectivity index (χ4n) is 2.69. The van der Waals surface area contributed by atoms with Gasteiger partial charge in [0.25, 0.3) is 0 Å². The summed E-state index contributed by atoms with van der Waals surface area (Å²) >= 11 is 0. The summed E-state index contributed by atoms with van der Waals surface area (Å²) in [6.45, 7) is 7.09. The molecule has 0 aromatic heterocycles. The molecule has 1 rings (SSSR count). The van der Waals surface area contributed by atoms with Crippen LogP contribution in [0.2, 0.25) is 0 Å². The molecule has 0 aliphatic heterocycles. The number of hydrogen-bond acceptors (Lipinski definition) is 4. The van der Waals surface area contributed by atoms with Gasteiger partial charge in [-0.3, -0.25) is 4.90 Å². The van der Waals surface area contributed by atoms with E-state index in [1.54, 1.807) is 7.11 Å². The summed E-state index contributed by atoms with van der Waals surface area (Å²) < 4.78 is 5.51. The second kappa shape index (κ2) is 8.66. The first kappa shape index (κ1) is 17.5. The zero-order chi connectivity index (χ0) is 15.8. The van der Waals surface area contributed by atoms with Gasteiger partial charge in [-0.2, -0.15) is 5.26 Å². The molecule has 4 nitrogen and oxygen atoms in total. The van der Waals surface area contributed by atoms with Gasteiger partial charge in [0, 0.05) is 30.6 Å². The molecular formula is C17H27N3O. The van der Waals surface area contributed by atoms with E-state index in [2.05, 4.69) is 37.8 Å². The minimum Gasteiger partial charge on any atom is -0.496 e. The summed E-state index contributed by atoms with van der Waals surface area (Å²) in [7, 11) is 1.68. The minimum atomic E-state index is 0.00222. The van der Waals surface area contributed by atoms with Crippen molar-refractivity contribution in [2.24, 2.45) is 5.73 Å². The Bertz CT molecular complexity index is 467. The van der Waals surface area contributed by atoms with Crippen molar-refractivity contribution < 1.29 is 4.74 Å². The van der Waals surface area contributed by atoms with Gasteiger partial charge in [0.15, 0.2) is 0 Å². The fraction of sp³-hybridized carbons (Fsp3) is 0.588. The number of para-hydroxylation sites is 1. The zero-order valence-electron chi connectivity index (χ0n) is 13.5. The summed E-state index contributed by atoms with van der Waals surface area (Å²) in [4.78, 5) is 2.30. The van der Waals surface area contributed by atoms with E-state index in [0.717, 1.165) is 17.7 Å². The van der Waals surface area contributed by atoms with Crippen LogP contribution in [-0.4, -0.2) is 30.6 Å². The maximum Gasteiger partial charge on any atom is 0.123 e.